The highest BCUT2D eigenvalue weighted by molar-refractivity contribution is 5.82. The van der Waals surface area contributed by atoms with Gasteiger partial charge in [-0.3, -0.25) is 4.79 Å². The molecule has 4 rings (SSSR count). The maximum absolute atomic E-state index is 13.2. The second kappa shape index (κ2) is 6.38. The van der Waals surface area contributed by atoms with Crippen LogP contribution >= 0.6 is 0 Å². The van der Waals surface area contributed by atoms with Gasteiger partial charge in [0.15, 0.2) is 0 Å². The fourth-order valence-corrected chi connectivity index (χ4v) is 3.34. The Kier molecular flexibility index (Phi) is 4.17. The first-order chi connectivity index (χ1) is 12.5. The van der Waals surface area contributed by atoms with Crippen LogP contribution in [0.15, 0.2) is 29.2 Å². The SMILES string of the molecule is Cc1ccc(-n2ncc3c(C4CC4)nn(CCC(C)C)c(=O)c32)cc1C. The van der Waals surface area contributed by atoms with Crippen molar-refractivity contribution >= 4 is 10.9 Å². The predicted molar refractivity (Wildman–Crippen MR) is 104 cm³/mol. The van der Waals surface area contributed by atoms with Crippen LogP contribution in [-0.2, 0) is 6.54 Å². The first-order valence-electron chi connectivity index (χ1n) is 9.52. The van der Waals surface area contributed by atoms with Gasteiger partial charge in [0.05, 0.1) is 17.6 Å². The number of hydrogen-bond donors (Lipinski definition) is 0. The number of hydrogen-bond acceptors (Lipinski definition) is 3. The Hall–Kier alpha value is -2.43. The average molecular weight is 350 g/mol. The van der Waals surface area contributed by atoms with Gasteiger partial charge in [0, 0.05) is 17.8 Å². The first-order valence-corrected chi connectivity index (χ1v) is 9.52. The zero-order valence-electron chi connectivity index (χ0n) is 16.0. The lowest BCUT2D eigenvalue weighted by Crippen LogP contribution is -2.26. The summed E-state index contributed by atoms with van der Waals surface area (Å²) in [6.45, 7) is 9.18. The summed E-state index contributed by atoms with van der Waals surface area (Å²) in [6, 6.07) is 6.21. The fourth-order valence-electron chi connectivity index (χ4n) is 3.34. The van der Waals surface area contributed by atoms with Crippen molar-refractivity contribution in [3.05, 3.63) is 51.6 Å². The minimum atomic E-state index is -0.0409. The molecule has 2 heterocycles. The summed E-state index contributed by atoms with van der Waals surface area (Å²) in [7, 11) is 0. The molecule has 0 atom stereocenters. The van der Waals surface area contributed by atoms with Gasteiger partial charge in [0.1, 0.15) is 5.52 Å². The van der Waals surface area contributed by atoms with Gasteiger partial charge >= 0.3 is 0 Å². The van der Waals surface area contributed by atoms with Crippen LogP contribution in [0.1, 0.15) is 55.8 Å². The van der Waals surface area contributed by atoms with E-state index in [1.165, 1.54) is 11.1 Å². The van der Waals surface area contributed by atoms with Crippen molar-refractivity contribution in [1.82, 2.24) is 19.6 Å². The molecule has 0 amide bonds. The van der Waals surface area contributed by atoms with Crippen LogP contribution in [0.4, 0.5) is 0 Å². The average Bonchev–Trinajstić information content (AvgIpc) is 3.35. The van der Waals surface area contributed by atoms with Crippen molar-refractivity contribution in [2.75, 3.05) is 0 Å². The molecule has 5 nitrogen and oxygen atoms in total. The molecule has 1 aliphatic rings. The Morgan fingerprint density at radius 1 is 1.19 bits per heavy atom. The summed E-state index contributed by atoms with van der Waals surface area (Å²) >= 11 is 0. The third-order valence-electron chi connectivity index (χ3n) is 5.33. The lowest BCUT2D eigenvalue weighted by Gasteiger charge is -2.11. The summed E-state index contributed by atoms with van der Waals surface area (Å²) < 4.78 is 3.46. The molecule has 1 aliphatic carbocycles. The van der Waals surface area contributed by atoms with E-state index in [-0.39, 0.29) is 5.56 Å². The normalized spacial score (nSPS) is 14.5. The second-order valence-corrected chi connectivity index (χ2v) is 7.96. The van der Waals surface area contributed by atoms with Gasteiger partial charge in [0.2, 0.25) is 0 Å². The van der Waals surface area contributed by atoms with Gasteiger partial charge in [-0.05, 0) is 62.3 Å². The highest BCUT2D eigenvalue weighted by atomic mass is 16.1. The van der Waals surface area contributed by atoms with Crippen molar-refractivity contribution in [3.63, 3.8) is 0 Å². The topological polar surface area (TPSA) is 52.7 Å². The fraction of sp³-hybridized carbons (Fsp3) is 0.476. The monoisotopic (exact) mass is 350 g/mol. The van der Waals surface area contributed by atoms with Crippen molar-refractivity contribution in [3.8, 4) is 5.69 Å². The molecule has 2 aromatic heterocycles. The van der Waals surface area contributed by atoms with E-state index in [4.69, 9.17) is 5.10 Å². The third kappa shape index (κ3) is 2.96. The van der Waals surface area contributed by atoms with E-state index in [1.54, 1.807) is 9.36 Å². The van der Waals surface area contributed by atoms with E-state index in [0.29, 0.717) is 23.9 Å². The molecule has 0 unspecified atom stereocenters. The summed E-state index contributed by atoms with van der Waals surface area (Å²) in [5.74, 6) is 1.01. The van der Waals surface area contributed by atoms with Gasteiger partial charge in [0.25, 0.3) is 5.56 Å². The van der Waals surface area contributed by atoms with Crippen molar-refractivity contribution in [2.24, 2.45) is 5.92 Å². The summed E-state index contributed by atoms with van der Waals surface area (Å²) in [6.07, 6.45) is 5.07. The van der Waals surface area contributed by atoms with E-state index in [0.717, 1.165) is 36.0 Å². The highest BCUT2D eigenvalue weighted by Gasteiger charge is 2.30. The van der Waals surface area contributed by atoms with Gasteiger partial charge in [-0.25, -0.2) is 9.36 Å². The van der Waals surface area contributed by atoms with Crippen LogP contribution < -0.4 is 5.56 Å². The number of rotatable bonds is 5. The molecule has 0 bridgehead atoms. The molecule has 0 spiro atoms. The number of fused-ring (bicyclic) bond motifs is 1. The van der Waals surface area contributed by atoms with E-state index < -0.39 is 0 Å². The van der Waals surface area contributed by atoms with Crippen LogP contribution in [0.5, 0.6) is 0 Å². The van der Waals surface area contributed by atoms with E-state index in [9.17, 15) is 4.79 Å². The third-order valence-corrected chi connectivity index (χ3v) is 5.33. The Balaban J connectivity index is 1.92. The minimum absolute atomic E-state index is 0.0409. The molecule has 0 aliphatic heterocycles. The highest BCUT2D eigenvalue weighted by Crippen LogP contribution is 2.41. The van der Waals surface area contributed by atoms with E-state index in [1.807, 2.05) is 12.3 Å². The summed E-state index contributed by atoms with van der Waals surface area (Å²) in [4.78, 5) is 13.2. The van der Waals surface area contributed by atoms with Crippen LogP contribution in [0, 0.1) is 19.8 Å². The molecule has 0 saturated heterocycles. The largest absolute Gasteiger partial charge is 0.293 e. The second-order valence-electron chi connectivity index (χ2n) is 7.96. The Morgan fingerprint density at radius 3 is 2.62 bits per heavy atom. The number of aryl methyl sites for hydroxylation is 3. The van der Waals surface area contributed by atoms with Gasteiger partial charge in [-0.2, -0.15) is 10.2 Å². The standard InChI is InChI=1S/C21H26N4O/c1-13(2)9-10-24-21(26)20-18(19(23-24)16-6-7-16)12-22-25(20)17-8-5-14(3)15(4)11-17/h5,8,11-13,16H,6-7,9-10H2,1-4H3. The predicted octanol–water partition coefficient (Wildman–Crippen LogP) is 4.12. The zero-order valence-corrected chi connectivity index (χ0v) is 16.0. The van der Waals surface area contributed by atoms with Crippen LogP contribution in [0.3, 0.4) is 0 Å². The molecule has 1 aromatic carbocycles. The quantitative estimate of drug-likeness (QED) is 0.695. The maximum atomic E-state index is 13.2. The number of aromatic nitrogens is 4. The Morgan fingerprint density at radius 2 is 1.96 bits per heavy atom. The van der Waals surface area contributed by atoms with Crippen LogP contribution in [0.25, 0.3) is 16.6 Å². The molecule has 136 valence electrons. The van der Waals surface area contributed by atoms with E-state index >= 15 is 0 Å². The van der Waals surface area contributed by atoms with Crippen LogP contribution in [0.2, 0.25) is 0 Å². The number of nitrogens with zero attached hydrogens (tertiary/aromatic N) is 4. The van der Waals surface area contributed by atoms with Gasteiger partial charge in [-0.1, -0.05) is 19.9 Å². The summed E-state index contributed by atoms with van der Waals surface area (Å²) in [5, 5.41) is 10.2. The smallest absolute Gasteiger partial charge is 0.265 e. The van der Waals surface area contributed by atoms with E-state index in [2.05, 4.69) is 44.9 Å². The van der Waals surface area contributed by atoms with Gasteiger partial charge < -0.3 is 0 Å². The molecule has 1 saturated carbocycles. The molecule has 0 radical (unpaired) electrons. The Labute approximate surface area is 153 Å². The lowest BCUT2D eigenvalue weighted by atomic mass is 10.1. The Bertz CT molecular complexity index is 1020. The molecular formula is C21H26N4O. The molecule has 26 heavy (non-hydrogen) atoms. The molecule has 1 fully saturated rings. The first kappa shape index (κ1) is 17.0. The molecule has 3 aromatic rings. The molecule has 5 heteroatoms. The zero-order chi connectivity index (χ0) is 18.4. The molecule has 0 N–H and O–H groups in total. The minimum Gasteiger partial charge on any atom is -0.265 e. The lowest BCUT2D eigenvalue weighted by molar-refractivity contribution is 0.469. The van der Waals surface area contributed by atoms with Gasteiger partial charge in [-0.15, -0.1) is 0 Å². The summed E-state index contributed by atoms with van der Waals surface area (Å²) in [5.41, 5.74) is 5.03. The van der Waals surface area contributed by atoms with Crippen LogP contribution in [-0.4, -0.2) is 19.6 Å². The number of benzene rings is 1. The van der Waals surface area contributed by atoms with Crippen molar-refractivity contribution < 1.29 is 0 Å². The van der Waals surface area contributed by atoms with Crippen molar-refractivity contribution in [1.29, 1.82) is 0 Å². The molecular weight excluding hydrogens is 324 g/mol. The van der Waals surface area contributed by atoms with Crippen molar-refractivity contribution in [2.45, 2.75) is 59.4 Å². The maximum Gasteiger partial charge on any atom is 0.293 e.